The Balaban J connectivity index is 1.42. The summed E-state index contributed by atoms with van der Waals surface area (Å²) < 4.78 is 27.9. The van der Waals surface area contributed by atoms with Crippen molar-refractivity contribution >= 4 is 5.57 Å². The zero-order chi connectivity index (χ0) is 22.5. The number of phenols is 1. The summed E-state index contributed by atoms with van der Waals surface area (Å²) in [7, 11) is 0. The van der Waals surface area contributed by atoms with Gasteiger partial charge in [0.05, 0.1) is 0 Å². The highest BCUT2D eigenvalue weighted by molar-refractivity contribution is 5.68. The Morgan fingerprint density at radius 3 is 2.22 bits per heavy atom. The molecule has 1 aliphatic carbocycles. The van der Waals surface area contributed by atoms with E-state index in [-0.39, 0.29) is 5.56 Å². The fourth-order valence-corrected chi connectivity index (χ4v) is 4.40. The first-order chi connectivity index (χ1) is 15.6. The van der Waals surface area contributed by atoms with E-state index in [9.17, 15) is 13.9 Å². The quantitative estimate of drug-likeness (QED) is 0.391. The lowest BCUT2D eigenvalue weighted by Crippen LogP contribution is -2.05. The van der Waals surface area contributed by atoms with E-state index in [1.54, 1.807) is 0 Å². The predicted molar refractivity (Wildman–Crippen MR) is 128 cm³/mol. The van der Waals surface area contributed by atoms with Gasteiger partial charge in [-0.1, -0.05) is 66.8 Å². The van der Waals surface area contributed by atoms with Crippen molar-refractivity contribution in [1.82, 2.24) is 0 Å². The number of benzene rings is 3. The lowest BCUT2D eigenvalue weighted by molar-refractivity contribution is 0.406. The lowest BCUT2D eigenvalue weighted by Gasteiger charge is -2.23. The van der Waals surface area contributed by atoms with Crippen LogP contribution in [-0.4, -0.2) is 5.11 Å². The molecule has 0 saturated carbocycles. The summed E-state index contributed by atoms with van der Waals surface area (Å²) in [4.78, 5) is 0. The minimum absolute atomic E-state index is 0.253. The van der Waals surface area contributed by atoms with Crippen LogP contribution in [0.3, 0.4) is 0 Å². The van der Waals surface area contributed by atoms with Gasteiger partial charge >= 0.3 is 0 Å². The van der Waals surface area contributed by atoms with Crippen LogP contribution in [-0.2, 0) is 6.42 Å². The molecule has 3 heteroatoms. The van der Waals surface area contributed by atoms with Gasteiger partial charge in [0.15, 0.2) is 11.6 Å². The van der Waals surface area contributed by atoms with Crippen LogP contribution in [0.4, 0.5) is 8.78 Å². The molecule has 0 heterocycles. The molecule has 164 valence electrons. The minimum atomic E-state index is -1.17. The Kier molecular flexibility index (Phi) is 6.84. The lowest BCUT2D eigenvalue weighted by atomic mass is 9.82. The molecule has 0 bridgehead atoms. The van der Waals surface area contributed by atoms with E-state index in [1.807, 2.05) is 13.0 Å². The average Bonchev–Trinajstić information content (AvgIpc) is 2.84. The van der Waals surface area contributed by atoms with Gasteiger partial charge in [0, 0.05) is 5.56 Å². The van der Waals surface area contributed by atoms with Crippen LogP contribution < -0.4 is 0 Å². The fourth-order valence-electron chi connectivity index (χ4n) is 4.40. The maximum absolute atomic E-state index is 14.2. The Morgan fingerprint density at radius 1 is 0.906 bits per heavy atom. The van der Waals surface area contributed by atoms with E-state index in [1.165, 1.54) is 34.4 Å². The third-order valence-corrected chi connectivity index (χ3v) is 6.32. The molecule has 0 radical (unpaired) electrons. The zero-order valence-corrected chi connectivity index (χ0v) is 18.3. The SMILES string of the molecule is C/C=C/CCc1ccc(-c2ccc(C3CC=C(c4ccc(O)c(F)c4F)CC3)cc2)cc1. The van der Waals surface area contributed by atoms with E-state index in [4.69, 9.17) is 0 Å². The molecule has 1 atom stereocenters. The first-order valence-corrected chi connectivity index (χ1v) is 11.2. The molecular weight excluding hydrogens is 402 g/mol. The predicted octanol–water partition coefficient (Wildman–Crippen LogP) is 8.20. The molecule has 1 aliphatic rings. The molecule has 32 heavy (non-hydrogen) atoms. The van der Waals surface area contributed by atoms with Gasteiger partial charge in [-0.05, 0) is 84.9 Å². The molecule has 0 amide bonds. The summed E-state index contributed by atoms with van der Waals surface area (Å²) in [6, 6.07) is 20.1. The summed E-state index contributed by atoms with van der Waals surface area (Å²) in [5.74, 6) is -2.42. The molecular formula is C29H28F2O. The van der Waals surface area contributed by atoms with Crippen LogP contribution in [0, 0.1) is 11.6 Å². The van der Waals surface area contributed by atoms with E-state index in [0.29, 0.717) is 12.3 Å². The summed E-state index contributed by atoms with van der Waals surface area (Å²) in [6.45, 7) is 2.05. The average molecular weight is 431 g/mol. The Bertz CT molecular complexity index is 1130. The minimum Gasteiger partial charge on any atom is -0.505 e. The molecule has 3 aromatic rings. The van der Waals surface area contributed by atoms with E-state index < -0.39 is 17.4 Å². The third kappa shape index (κ3) is 4.83. The number of aromatic hydroxyl groups is 1. The van der Waals surface area contributed by atoms with E-state index in [2.05, 4.69) is 60.7 Å². The van der Waals surface area contributed by atoms with Gasteiger partial charge in [-0.15, -0.1) is 0 Å². The van der Waals surface area contributed by atoms with Crippen LogP contribution in [0.25, 0.3) is 16.7 Å². The summed E-state index contributed by atoms with van der Waals surface area (Å²) in [5.41, 5.74) is 6.08. The number of aryl methyl sites for hydroxylation is 1. The van der Waals surface area contributed by atoms with Crippen LogP contribution in [0.1, 0.15) is 55.2 Å². The topological polar surface area (TPSA) is 20.2 Å². The van der Waals surface area contributed by atoms with Gasteiger partial charge in [0.2, 0.25) is 5.82 Å². The second-order valence-corrected chi connectivity index (χ2v) is 8.39. The van der Waals surface area contributed by atoms with Gasteiger partial charge < -0.3 is 5.11 Å². The first-order valence-electron chi connectivity index (χ1n) is 11.2. The summed E-state index contributed by atoms with van der Waals surface area (Å²) in [6.07, 6.45) is 10.8. The zero-order valence-electron chi connectivity index (χ0n) is 18.3. The maximum atomic E-state index is 14.2. The first kappa shape index (κ1) is 22.0. The summed E-state index contributed by atoms with van der Waals surface area (Å²) >= 11 is 0. The van der Waals surface area contributed by atoms with Gasteiger partial charge in [0.1, 0.15) is 0 Å². The van der Waals surface area contributed by atoms with Gasteiger partial charge in [-0.3, -0.25) is 0 Å². The van der Waals surface area contributed by atoms with Crippen molar-refractivity contribution in [2.24, 2.45) is 0 Å². The summed E-state index contributed by atoms with van der Waals surface area (Å²) in [5, 5.41) is 9.34. The largest absolute Gasteiger partial charge is 0.505 e. The van der Waals surface area contributed by atoms with Crippen molar-refractivity contribution in [3.63, 3.8) is 0 Å². The van der Waals surface area contributed by atoms with Crippen molar-refractivity contribution in [1.29, 1.82) is 0 Å². The highest BCUT2D eigenvalue weighted by Gasteiger charge is 2.21. The van der Waals surface area contributed by atoms with Crippen molar-refractivity contribution in [3.05, 3.63) is 107 Å². The van der Waals surface area contributed by atoms with E-state index in [0.717, 1.165) is 31.3 Å². The highest BCUT2D eigenvalue weighted by Crippen LogP contribution is 2.38. The van der Waals surface area contributed by atoms with Crippen molar-refractivity contribution < 1.29 is 13.9 Å². The number of hydrogen-bond donors (Lipinski definition) is 1. The molecule has 0 aromatic heterocycles. The normalized spacial score (nSPS) is 16.3. The van der Waals surface area contributed by atoms with Crippen molar-refractivity contribution in [3.8, 4) is 16.9 Å². The number of phenolic OH excluding ortho intramolecular Hbond substituents is 1. The highest BCUT2D eigenvalue weighted by atomic mass is 19.2. The van der Waals surface area contributed by atoms with Gasteiger partial charge in [-0.25, -0.2) is 4.39 Å². The van der Waals surface area contributed by atoms with Crippen molar-refractivity contribution in [2.75, 3.05) is 0 Å². The second-order valence-electron chi connectivity index (χ2n) is 8.39. The van der Waals surface area contributed by atoms with Crippen LogP contribution in [0.5, 0.6) is 5.75 Å². The van der Waals surface area contributed by atoms with Crippen molar-refractivity contribution in [2.45, 2.75) is 44.9 Å². The molecule has 1 nitrogen and oxygen atoms in total. The monoisotopic (exact) mass is 430 g/mol. The van der Waals surface area contributed by atoms with Gasteiger partial charge in [0.25, 0.3) is 0 Å². The molecule has 3 aromatic carbocycles. The number of allylic oxidation sites excluding steroid dienone is 4. The molecule has 0 aliphatic heterocycles. The number of hydrogen-bond acceptors (Lipinski definition) is 1. The van der Waals surface area contributed by atoms with Crippen LogP contribution >= 0.6 is 0 Å². The Labute approximate surface area is 188 Å². The van der Waals surface area contributed by atoms with Gasteiger partial charge in [-0.2, -0.15) is 4.39 Å². The Morgan fingerprint density at radius 2 is 1.59 bits per heavy atom. The molecule has 1 N–H and O–H groups in total. The molecule has 4 rings (SSSR count). The third-order valence-electron chi connectivity index (χ3n) is 6.32. The smallest absolute Gasteiger partial charge is 0.200 e. The standard InChI is InChI=1S/C29H28F2O/c1-2-3-4-5-20-6-8-21(9-7-20)22-10-12-23(13-11-22)24-14-16-25(17-15-24)26-18-19-27(32)29(31)28(26)30/h2-3,6-13,16,18-19,24,32H,4-5,14-15,17H2,1H3/b3-2+. The van der Waals surface area contributed by atoms with Crippen LogP contribution in [0.15, 0.2) is 78.9 Å². The second kappa shape index (κ2) is 9.95. The maximum Gasteiger partial charge on any atom is 0.200 e. The molecule has 1 unspecified atom stereocenters. The number of rotatable bonds is 6. The van der Waals surface area contributed by atoms with E-state index >= 15 is 0 Å². The fraction of sp³-hybridized carbons (Fsp3) is 0.241. The molecule has 0 saturated heterocycles. The molecule has 0 spiro atoms. The number of halogens is 2. The Hall–Kier alpha value is -3.20. The molecule has 0 fully saturated rings. The van der Waals surface area contributed by atoms with Crippen LogP contribution in [0.2, 0.25) is 0 Å².